The van der Waals surface area contributed by atoms with Gasteiger partial charge in [0.25, 0.3) is 0 Å². The van der Waals surface area contributed by atoms with Gasteiger partial charge in [0.2, 0.25) is 5.91 Å². The van der Waals surface area contributed by atoms with Crippen molar-refractivity contribution in [3.8, 4) is 0 Å². The van der Waals surface area contributed by atoms with E-state index >= 15 is 0 Å². The standard InChI is InChI=1S/C19H21ClN2O3S/c1-13-7-8-15(11-17(13)20)22-19(23)18(14-5-3-2-4-6-14)21-16-9-10-26(24,25)12-16/h2-8,11,16,18,21H,9-10,12H2,1H3,(H,22,23)/t16-,18-/m0/s1. The number of halogens is 1. The molecule has 0 unspecified atom stereocenters. The van der Waals surface area contributed by atoms with Gasteiger partial charge in [-0.3, -0.25) is 10.1 Å². The van der Waals surface area contributed by atoms with Crippen LogP contribution in [0.3, 0.4) is 0 Å². The van der Waals surface area contributed by atoms with Crippen LogP contribution in [-0.2, 0) is 14.6 Å². The Labute approximate surface area is 158 Å². The van der Waals surface area contributed by atoms with Crippen LogP contribution in [0.1, 0.15) is 23.6 Å². The van der Waals surface area contributed by atoms with Crippen LogP contribution in [0.5, 0.6) is 0 Å². The number of hydrogen-bond acceptors (Lipinski definition) is 4. The van der Waals surface area contributed by atoms with Crippen LogP contribution in [0.25, 0.3) is 0 Å². The number of amides is 1. The molecule has 26 heavy (non-hydrogen) atoms. The van der Waals surface area contributed by atoms with Crippen LogP contribution in [-0.4, -0.2) is 31.9 Å². The van der Waals surface area contributed by atoms with Gasteiger partial charge in [-0.25, -0.2) is 8.42 Å². The van der Waals surface area contributed by atoms with Crippen LogP contribution in [0.2, 0.25) is 5.02 Å². The van der Waals surface area contributed by atoms with E-state index in [1.165, 1.54) is 0 Å². The Morgan fingerprint density at radius 1 is 1.19 bits per heavy atom. The van der Waals surface area contributed by atoms with Crippen molar-refractivity contribution in [2.45, 2.75) is 25.4 Å². The minimum atomic E-state index is -3.03. The maximum atomic E-state index is 12.9. The Morgan fingerprint density at radius 3 is 2.54 bits per heavy atom. The first-order valence-corrected chi connectivity index (χ1v) is 10.6. The van der Waals surface area contributed by atoms with Crippen LogP contribution in [0.4, 0.5) is 5.69 Å². The molecular formula is C19H21ClN2O3S. The number of carbonyl (C=O) groups excluding carboxylic acids is 1. The van der Waals surface area contributed by atoms with Gasteiger partial charge >= 0.3 is 0 Å². The van der Waals surface area contributed by atoms with E-state index in [9.17, 15) is 13.2 Å². The van der Waals surface area contributed by atoms with Gasteiger partial charge in [-0.15, -0.1) is 0 Å². The number of aryl methyl sites for hydroxylation is 1. The first kappa shape index (κ1) is 18.9. The number of benzene rings is 2. The van der Waals surface area contributed by atoms with E-state index in [0.29, 0.717) is 17.1 Å². The third-order valence-corrected chi connectivity index (χ3v) is 6.64. The molecule has 2 N–H and O–H groups in total. The molecule has 0 aliphatic carbocycles. The summed E-state index contributed by atoms with van der Waals surface area (Å²) in [6.45, 7) is 1.89. The average molecular weight is 393 g/mol. The van der Waals surface area contributed by atoms with Crippen molar-refractivity contribution in [3.63, 3.8) is 0 Å². The van der Waals surface area contributed by atoms with Crippen LogP contribution >= 0.6 is 11.6 Å². The highest BCUT2D eigenvalue weighted by atomic mass is 35.5. The van der Waals surface area contributed by atoms with Crippen molar-refractivity contribution < 1.29 is 13.2 Å². The predicted molar refractivity (Wildman–Crippen MR) is 104 cm³/mol. The Kier molecular flexibility index (Phi) is 5.65. The summed E-state index contributed by atoms with van der Waals surface area (Å²) < 4.78 is 23.5. The van der Waals surface area contributed by atoms with Crippen molar-refractivity contribution in [1.29, 1.82) is 0 Å². The van der Waals surface area contributed by atoms with E-state index in [0.717, 1.165) is 11.1 Å². The molecule has 5 nitrogen and oxygen atoms in total. The largest absolute Gasteiger partial charge is 0.324 e. The monoisotopic (exact) mass is 392 g/mol. The fourth-order valence-corrected chi connectivity index (χ4v) is 4.88. The van der Waals surface area contributed by atoms with E-state index < -0.39 is 15.9 Å². The molecule has 0 radical (unpaired) electrons. The molecule has 0 aromatic heterocycles. The fraction of sp³-hybridized carbons (Fsp3) is 0.316. The second-order valence-electron chi connectivity index (χ2n) is 6.56. The SMILES string of the molecule is Cc1ccc(NC(=O)[C@@H](N[C@H]2CCS(=O)(=O)C2)c2ccccc2)cc1Cl. The second kappa shape index (κ2) is 7.78. The summed E-state index contributed by atoms with van der Waals surface area (Å²) >= 11 is 6.13. The van der Waals surface area contributed by atoms with E-state index in [-0.39, 0.29) is 23.5 Å². The number of hydrogen-bond donors (Lipinski definition) is 2. The molecule has 1 heterocycles. The summed E-state index contributed by atoms with van der Waals surface area (Å²) in [5.41, 5.74) is 2.32. The zero-order chi connectivity index (χ0) is 18.7. The van der Waals surface area contributed by atoms with Gasteiger partial charge in [-0.05, 0) is 36.6 Å². The number of sulfone groups is 1. The summed E-state index contributed by atoms with van der Waals surface area (Å²) in [5, 5.41) is 6.66. The van der Waals surface area contributed by atoms with Crippen LogP contribution in [0.15, 0.2) is 48.5 Å². The molecule has 1 aliphatic rings. The average Bonchev–Trinajstić information content (AvgIpc) is 2.95. The fourth-order valence-electron chi connectivity index (χ4n) is 3.02. The number of carbonyl (C=O) groups is 1. The molecule has 1 aliphatic heterocycles. The van der Waals surface area contributed by atoms with Crippen molar-refractivity contribution in [3.05, 3.63) is 64.7 Å². The van der Waals surface area contributed by atoms with E-state index in [4.69, 9.17) is 11.6 Å². The maximum Gasteiger partial charge on any atom is 0.246 e. The first-order chi connectivity index (χ1) is 12.3. The quantitative estimate of drug-likeness (QED) is 0.819. The first-order valence-electron chi connectivity index (χ1n) is 8.42. The number of nitrogens with one attached hydrogen (secondary N) is 2. The molecular weight excluding hydrogens is 372 g/mol. The van der Waals surface area contributed by atoms with Gasteiger partial charge in [0.15, 0.2) is 9.84 Å². The summed E-state index contributed by atoms with van der Waals surface area (Å²) in [7, 11) is -3.03. The Morgan fingerprint density at radius 2 is 1.92 bits per heavy atom. The van der Waals surface area contributed by atoms with Gasteiger partial charge in [-0.1, -0.05) is 48.0 Å². The molecule has 2 aromatic rings. The highest BCUT2D eigenvalue weighted by Gasteiger charge is 2.32. The third kappa shape index (κ3) is 4.63. The number of anilines is 1. The molecule has 0 bridgehead atoms. The maximum absolute atomic E-state index is 12.9. The molecule has 7 heteroatoms. The lowest BCUT2D eigenvalue weighted by molar-refractivity contribution is -0.118. The highest BCUT2D eigenvalue weighted by Crippen LogP contribution is 2.23. The number of rotatable bonds is 5. The van der Waals surface area contributed by atoms with Gasteiger partial charge in [0, 0.05) is 16.8 Å². The highest BCUT2D eigenvalue weighted by molar-refractivity contribution is 7.91. The van der Waals surface area contributed by atoms with Crippen LogP contribution < -0.4 is 10.6 Å². The minimum absolute atomic E-state index is 0.0555. The summed E-state index contributed by atoms with van der Waals surface area (Å²) in [6, 6.07) is 13.7. The van der Waals surface area contributed by atoms with Gasteiger partial charge in [0.1, 0.15) is 6.04 Å². The van der Waals surface area contributed by atoms with Crippen molar-refractivity contribution in [2.24, 2.45) is 0 Å². The van der Waals surface area contributed by atoms with Crippen molar-refractivity contribution in [1.82, 2.24) is 5.32 Å². The second-order valence-corrected chi connectivity index (χ2v) is 9.20. The van der Waals surface area contributed by atoms with Crippen molar-refractivity contribution >= 4 is 33.0 Å². The molecule has 0 spiro atoms. The Bertz CT molecular complexity index is 900. The van der Waals surface area contributed by atoms with Gasteiger partial charge in [-0.2, -0.15) is 0 Å². The topological polar surface area (TPSA) is 75.3 Å². The van der Waals surface area contributed by atoms with E-state index in [2.05, 4.69) is 10.6 Å². The van der Waals surface area contributed by atoms with Gasteiger partial charge < -0.3 is 5.32 Å². The Hall–Kier alpha value is -1.89. The molecule has 3 rings (SSSR count). The molecule has 2 atom stereocenters. The smallest absolute Gasteiger partial charge is 0.246 e. The van der Waals surface area contributed by atoms with Crippen molar-refractivity contribution in [2.75, 3.05) is 16.8 Å². The molecule has 1 amide bonds. The molecule has 0 saturated carbocycles. The normalized spacial score (nSPS) is 19.8. The summed E-state index contributed by atoms with van der Waals surface area (Å²) in [6.07, 6.45) is 0.509. The molecule has 1 saturated heterocycles. The molecule has 2 aromatic carbocycles. The lowest BCUT2D eigenvalue weighted by Gasteiger charge is -2.22. The molecule has 138 valence electrons. The third-order valence-electron chi connectivity index (χ3n) is 4.47. The predicted octanol–water partition coefficient (Wildman–Crippen LogP) is 3.10. The Balaban J connectivity index is 1.80. The lowest BCUT2D eigenvalue weighted by atomic mass is 10.0. The van der Waals surface area contributed by atoms with Crippen LogP contribution in [0, 0.1) is 6.92 Å². The van der Waals surface area contributed by atoms with E-state index in [1.807, 2.05) is 43.3 Å². The summed E-state index contributed by atoms with van der Waals surface area (Å²) in [4.78, 5) is 12.9. The lowest BCUT2D eigenvalue weighted by Crippen LogP contribution is -2.40. The minimum Gasteiger partial charge on any atom is -0.324 e. The van der Waals surface area contributed by atoms with Gasteiger partial charge in [0.05, 0.1) is 11.5 Å². The zero-order valence-corrected chi connectivity index (χ0v) is 16.0. The summed E-state index contributed by atoms with van der Waals surface area (Å²) in [5.74, 6) is -0.0400. The molecule has 1 fully saturated rings. The zero-order valence-electron chi connectivity index (χ0n) is 14.4. The van der Waals surface area contributed by atoms with E-state index in [1.54, 1.807) is 12.1 Å².